The van der Waals surface area contributed by atoms with Gasteiger partial charge in [-0.3, -0.25) is 0 Å². The molecule has 0 fully saturated rings. The largest absolute Gasteiger partial charge is 0.392 e. The molecule has 0 rings (SSSR count). The van der Waals surface area contributed by atoms with E-state index in [1.54, 1.807) is 0 Å². The lowest BCUT2D eigenvalue weighted by atomic mass is 9.97. The Kier molecular flexibility index (Phi) is 19.0. The van der Waals surface area contributed by atoms with Crippen LogP contribution in [0.4, 0.5) is 0 Å². The number of hydrogen-bond donors (Lipinski definition) is 4. The second-order valence-corrected chi connectivity index (χ2v) is 7.17. The number of aliphatic hydroxyl groups excluding tert-OH is 1. The zero-order valence-corrected chi connectivity index (χ0v) is 16.3. The van der Waals surface area contributed by atoms with Crippen molar-refractivity contribution >= 4 is 0 Å². The first-order chi connectivity index (χ1) is 11.8. The highest BCUT2D eigenvalue weighted by Gasteiger charge is 2.17. The molecule has 0 heterocycles. The van der Waals surface area contributed by atoms with Gasteiger partial charge in [0.15, 0.2) is 0 Å². The van der Waals surface area contributed by atoms with Crippen LogP contribution >= 0.6 is 0 Å². The molecule has 0 amide bonds. The summed E-state index contributed by atoms with van der Waals surface area (Å²) in [6.07, 6.45) is 16.9. The molecule has 2 atom stereocenters. The van der Waals surface area contributed by atoms with E-state index in [2.05, 4.69) is 12.2 Å². The van der Waals surface area contributed by atoms with Gasteiger partial charge in [0.1, 0.15) is 0 Å². The lowest BCUT2D eigenvalue weighted by molar-refractivity contribution is 0.110. The average Bonchev–Trinajstić information content (AvgIpc) is 2.59. The Labute approximate surface area is 151 Å². The van der Waals surface area contributed by atoms with Crippen LogP contribution in [0.2, 0.25) is 0 Å². The molecule has 0 aromatic carbocycles. The van der Waals surface area contributed by atoms with Crippen molar-refractivity contribution < 1.29 is 5.11 Å². The van der Waals surface area contributed by atoms with Gasteiger partial charge in [-0.15, -0.1) is 0 Å². The SMILES string of the molecule is CCCCCCCCC(O)C(CCCCCCCCN)NCCN. The smallest absolute Gasteiger partial charge is 0.0693 e. The van der Waals surface area contributed by atoms with Gasteiger partial charge in [-0.2, -0.15) is 0 Å². The Morgan fingerprint density at radius 3 is 1.83 bits per heavy atom. The third-order valence-corrected chi connectivity index (χ3v) is 4.84. The van der Waals surface area contributed by atoms with Gasteiger partial charge in [-0.05, 0) is 25.8 Å². The second kappa shape index (κ2) is 19.2. The highest BCUT2D eigenvalue weighted by Crippen LogP contribution is 2.15. The van der Waals surface area contributed by atoms with Crippen LogP contribution in [0.1, 0.15) is 96.8 Å². The monoisotopic (exact) mass is 343 g/mol. The third kappa shape index (κ3) is 15.4. The quantitative estimate of drug-likeness (QED) is 0.269. The van der Waals surface area contributed by atoms with E-state index in [0.29, 0.717) is 6.54 Å². The van der Waals surface area contributed by atoms with Crippen molar-refractivity contribution in [3.63, 3.8) is 0 Å². The topological polar surface area (TPSA) is 84.3 Å². The molecule has 0 aliphatic carbocycles. The first kappa shape index (κ1) is 23.8. The van der Waals surface area contributed by atoms with Crippen LogP contribution in [0, 0.1) is 0 Å². The highest BCUT2D eigenvalue weighted by atomic mass is 16.3. The summed E-state index contributed by atoms with van der Waals surface area (Å²) in [5.74, 6) is 0. The predicted molar refractivity (Wildman–Crippen MR) is 106 cm³/mol. The molecule has 0 aromatic rings. The van der Waals surface area contributed by atoms with E-state index in [-0.39, 0.29) is 12.1 Å². The van der Waals surface area contributed by atoms with E-state index in [1.165, 1.54) is 64.2 Å². The third-order valence-electron chi connectivity index (χ3n) is 4.84. The average molecular weight is 344 g/mol. The maximum absolute atomic E-state index is 10.5. The molecule has 0 saturated heterocycles. The molecule has 6 N–H and O–H groups in total. The number of nitrogens with two attached hydrogens (primary N) is 2. The fourth-order valence-corrected chi connectivity index (χ4v) is 3.25. The molecule has 2 unspecified atom stereocenters. The Morgan fingerprint density at radius 2 is 1.25 bits per heavy atom. The summed E-state index contributed by atoms with van der Waals surface area (Å²) in [5.41, 5.74) is 11.1. The molecule has 0 saturated carbocycles. The summed E-state index contributed by atoms with van der Waals surface area (Å²) in [7, 11) is 0. The Bertz CT molecular complexity index is 239. The summed E-state index contributed by atoms with van der Waals surface area (Å²) in [6.45, 7) is 4.50. The van der Waals surface area contributed by atoms with E-state index in [9.17, 15) is 5.11 Å². The minimum atomic E-state index is -0.222. The molecule has 4 heteroatoms. The van der Waals surface area contributed by atoms with E-state index in [0.717, 1.165) is 38.8 Å². The van der Waals surface area contributed by atoms with Gasteiger partial charge in [-0.25, -0.2) is 0 Å². The summed E-state index contributed by atoms with van der Waals surface area (Å²) in [6, 6.07) is 0.216. The van der Waals surface area contributed by atoms with Crippen molar-refractivity contribution in [1.82, 2.24) is 5.32 Å². The van der Waals surface area contributed by atoms with E-state index < -0.39 is 0 Å². The highest BCUT2D eigenvalue weighted by molar-refractivity contribution is 4.76. The van der Waals surface area contributed by atoms with E-state index in [1.807, 2.05) is 0 Å². The molecule has 0 aliphatic heterocycles. The molecular weight excluding hydrogens is 298 g/mol. The van der Waals surface area contributed by atoms with Gasteiger partial charge in [0.2, 0.25) is 0 Å². The van der Waals surface area contributed by atoms with Crippen LogP contribution in [0.25, 0.3) is 0 Å². The maximum atomic E-state index is 10.5. The van der Waals surface area contributed by atoms with E-state index in [4.69, 9.17) is 11.5 Å². The normalized spacial score (nSPS) is 14.0. The first-order valence-electron chi connectivity index (χ1n) is 10.6. The molecule has 0 radical (unpaired) electrons. The fraction of sp³-hybridized carbons (Fsp3) is 1.00. The Morgan fingerprint density at radius 1 is 0.708 bits per heavy atom. The van der Waals surface area contributed by atoms with Crippen LogP contribution in [0.15, 0.2) is 0 Å². The summed E-state index contributed by atoms with van der Waals surface area (Å²) >= 11 is 0. The van der Waals surface area contributed by atoms with Crippen LogP contribution < -0.4 is 16.8 Å². The Hall–Kier alpha value is -0.160. The van der Waals surface area contributed by atoms with Gasteiger partial charge < -0.3 is 21.9 Å². The first-order valence-corrected chi connectivity index (χ1v) is 10.6. The zero-order chi connectivity index (χ0) is 17.9. The van der Waals surface area contributed by atoms with Crippen molar-refractivity contribution in [3.8, 4) is 0 Å². The van der Waals surface area contributed by atoms with Crippen LogP contribution in [-0.2, 0) is 0 Å². The molecule has 146 valence electrons. The molecule has 0 aliphatic rings. The van der Waals surface area contributed by atoms with Crippen molar-refractivity contribution in [2.75, 3.05) is 19.6 Å². The van der Waals surface area contributed by atoms with Gasteiger partial charge >= 0.3 is 0 Å². The maximum Gasteiger partial charge on any atom is 0.0693 e. The number of unbranched alkanes of at least 4 members (excludes halogenated alkanes) is 10. The van der Waals surface area contributed by atoms with Crippen molar-refractivity contribution in [3.05, 3.63) is 0 Å². The van der Waals surface area contributed by atoms with Gasteiger partial charge in [0.05, 0.1) is 6.10 Å². The van der Waals surface area contributed by atoms with Gasteiger partial charge in [0.25, 0.3) is 0 Å². The lowest BCUT2D eigenvalue weighted by Gasteiger charge is -2.24. The molecule has 24 heavy (non-hydrogen) atoms. The van der Waals surface area contributed by atoms with Crippen LogP contribution in [0.5, 0.6) is 0 Å². The Balaban J connectivity index is 3.80. The fourth-order valence-electron chi connectivity index (χ4n) is 3.25. The minimum absolute atomic E-state index is 0.216. The number of aliphatic hydroxyl groups is 1. The van der Waals surface area contributed by atoms with Crippen LogP contribution in [0.3, 0.4) is 0 Å². The lowest BCUT2D eigenvalue weighted by Crippen LogP contribution is -2.42. The molecular formula is C20H45N3O. The molecule has 4 nitrogen and oxygen atoms in total. The van der Waals surface area contributed by atoms with Crippen molar-refractivity contribution in [2.24, 2.45) is 11.5 Å². The number of hydrogen-bond acceptors (Lipinski definition) is 4. The van der Waals surface area contributed by atoms with Crippen LogP contribution in [-0.4, -0.2) is 36.9 Å². The number of nitrogens with one attached hydrogen (secondary N) is 1. The minimum Gasteiger partial charge on any atom is -0.392 e. The van der Waals surface area contributed by atoms with E-state index >= 15 is 0 Å². The zero-order valence-electron chi connectivity index (χ0n) is 16.3. The standard InChI is InChI=1S/C20H45N3O/c1-2-3-4-5-9-12-15-20(24)19(23-18-17-22)14-11-8-6-7-10-13-16-21/h19-20,23-24H,2-18,21-22H2,1H3. The molecule has 0 bridgehead atoms. The number of rotatable bonds is 19. The summed E-state index contributed by atoms with van der Waals surface area (Å²) in [5, 5.41) is 13.9. The molecule has 0 spiro atoms. The second-order valence-electron chi connectivity index (χ2n) is 7.17. The molecule has 0 aromatic heterocycles. The van der Waals surface area contributed by atoms with Gasteiger partial charge in [-0.1, -0.05) is 77.6 Å². The van der Waals surface area contributed by atoms with Crippen molar-refractivity contribution in [1.29, 1.82) is 0 Å². The summed E-state index contributed by atoms with van der Waals surface area (Å²) in [4.78, 5) is 0. The van der Waals surface area contributed by atoms with Gasteiger partial charge in [0, 0.05) is 19.1 Å². The summed E-state index contributed by atoms with van der Waals surface area (Å²) < 4.78 is 0. The van der Waals surface area contributed by atoms with Crippen molar-refractivity contribution in [2.45, 2.75) is 109 Å². The predicted octanol–water partition coefficient (Wildman–Crippen LogP) is 3.70.